The molecule has 0 aliphatic heterocycles. The van der Waals surface area contributed by atoms with E-state index in [1.807, 2.05) is 0 Å². The van der Waals surface area contributed by atoms with Crippen LogP contribution < -0.4 is 17.0 Å². The summed E-state index contributed by atoms with van der Waals surface area (Å²) in [6.45, 7) is -1.14. The zero-order valence-corrected chi connectivity index (χ0v) is 9.15. The average molecular weight is 257 g/mol. The molecule has 98 valence electrons. The number of nitrogens with zero attached hydrogens (tertiary/aromatic N) is 2. The first-order chi connectivity index (χ1) is 8.32. The molecule has 0 aromatic carbocycles. The molecule has 0 saturated heterocycles. The van der Waals surface area contributed by atoms with Crippen molar-refractivity contribution in [1.82, 2.24) is 9.13 Å². The fourth-order valence-corrected chi connectivity index (χ4v) is 1.27. The molecule has 0 unspecified atom stereocenters. The van der Waals surface area contributed by atoms with Gasteiger partial charge in [0.2, 0.25) is 0 Å². The molecule has 1 atom stereocenters. The Morgan fingerprint density at radius 2 is 1.94 bits per heavy atom. The highest BCUT2D eigenvalue weighted by molar-refractivity contribution is 5.72. The van der Waals surface area contributed by atoms with Crippen LogP contribution in [0, 0.1) is 0 Å². The predicted octanol–water partition coefficient (Wildman–Crippen LogP) is -2.49. The van der Waals surface area contributed by atoms with Crippen molar-refractivity contribution in [2.24, 2.45) is 5.73 Å². The largest absolute Gasteiger partial charge is 0.480 e. The molecule has 0 amide bonds. The Morgan fingerprint density at radius 3 is 2.44 bits per heavy atom. The summed E-state index contributed by atoms with van der Waals surface area (Å²) in [5.74, 6) is -2.66. The lowest BCUT2D eigenvalue weighted by Crippen LogP contribution is -2.44. The number of carboxylic acid groups (broad SMARTS) is 2. The summed E-state index contributed by atoms with van der Waals surface area (Å²) in [7, 11) is 0. The SMILES string of the molecule is N[C@@H](Cn1ccc(=O)n(CC(=O)O)c1=O)C(=O)O. The standard InChI is InChI=1S/C9H11N3O6/c10-5(8(16)17)3-11-2-1-6(13)12(9(11)18)4-7(14)15/h1-2,5H,3-4,10H2,(H,14,15)(H,16,17)/t5-/m0/s1. The van der Waals surface area contributed by atoms with Crippen LogP contribution in [0.5, 0.6) is 0 Å². The number of carboxylic acids is 2. The molecule has 1 heterocycles. The van der Waals surface area contributed by atoms with Gasteiger partial charge in [0.15, 0.2) is 0 Å². The van der Waals surface area contributed by atoms with Gasteiger partial charge in [-0.1, -0.05) is 0 Å². The highest BCUT2D eigenvalue weighted by Gasteiger charge is 2.15. The van der Waals surface area contributed by atoms with Gasteiger partial charge >= 0.3 is 17.6 Å². The summed E-state index contributed by atoms with van der Waals surface area (Å²) in [5.41, 5.74) is 3.55. The Bertz CT molecular complexity index is 587. The van der Waals surface area contributed by atoms with E-state index < -0.39 is 35.8 Å². The molecule has 0 radical (unpaired) electrons. The Morgan fingerprint density at radius 1 is 1.33 bits per heavy atom. The molecular formula is C9H11N3O6. The second kappa shape index (κ2) is 5.27. The van der Waals surface area contributed by atoms with Crippen LogP contribution in [0.15, 0.2) is 21.9 Å². The summed E-state index contributed by atoms with van der Waals surface area (Å²) in [6.07, 6.45) is 1.08. The molecular weight excluding hydrogens is 246 g/mol. The van der Waals surface area contributed by atoms with Crippen molar-refractivity contribution in [3.05, 3.63) is 33.1 Å². The van der Waals surface area contributed by atoms with Gasteiger partial charge in [-0.15, -0.1) is 0 Å². The zero-order valence-electron chi connectivity index (χ0n) is 9.15. The maximum absolute atomic E-state index is 11.7. The molecule has 1 aromatic rings. The molecule has 18 heavy (non-hydrogen) atoms. The Kier molecular flexibility index (Phi) is 4.00. The van der Waals surface area contributed by atoms with E-state index in [9.17, 15) is 19.2 Å². The Balaban J connectivity index is 3.17. The summed E-state index contributed by atoms with van der Waals surface area (Å²) >= 11 is 0. The summed E-state index contributed by atoms with van der Waals surface area (Å²) in [4.78, 5) is 44.0. The maximum atomic E-state index is 11.7. The van der Waals surface area contributed by atoms with E-state index in [1.165, 1.54) is 0 Å². The quantitative estimate of drug-likeness (QED) is 0.529. The lowest BCUT2D eigenvalue weighted by molar-refractivity contribution is -0.139. The van der Waals surface area contributed by atoms with Gasteiger partial charge in [-0.2, -0.15) is 0 Å². The Hall–Kier alpha value is -2.42. The molecule has 0 bridgehead atoms. The van der Waals surface area contributed by atoms with Gasteiger partial charge in [-0.3, -0.25) is 19.0 Å². The minimum Gasteiger partial charge on any atom is -0.480 e. The maximum Gasteiger partial charge on any atom is 0.331 e. The smallest absolute Gasteiger partial charge is 0.331 e. The fourth-order valence-electron chi connectivity index (χ4n) is 1.27. The highest BCUT2D eigenvalue weighted by atomic mass is 16.4. The molecule has 9 nitrogen and oxygen atoms in total. The first-order valence-corrected chi connectivity index (χ1v) is 4.83. The molecule has 0 aliphatic rings. The number of nitrogens with two attached hydrogens (primary N) is 1. The molecule has 0 fully saturated rings. The molecule has 4 N–H and O–H groups in total. The van der Waals surface area contributed by atoms with Crippen LogP contribution in [0.2, 0.25) is 0 Å². The van der Waals surface area contributed by atoms with Gasteiger partial charge in [0.1, 0.15) is 12.6 Å². The number of aliphatic carboxylic acids is 2. The second-order valence-corrected chi connectivity index (χ2v) is 3.51. The van der Waals surface area contributed by atoms with Crippen LogP contribution in [-0.2, 0) is 22.7 Å². The van der Waals surface area contributed by atoms with E-state index in [2.05, 4.69) is 0 Å². The van der Waals surface area contributed by atoms with Crippen LogP contribution in [0.25, 0.3) is 0 Å². The predicted molar refractivity (Wildman–Crippen MR) is 58.2 cm³/mol. The normalized spacial score (nSPS) is 12.1. The molecule has 0 aliphatic carbocycles. The van der Waals surface area contributed by atoms with Crippen molar-refractivity contribution in [2.75, 3.05) is 0 Å². The molecule has 9 heteroatoms. The number of rotatable bonds is 5. The lowest BCUT2D eigenvalue weighted by atomic mass is 10.3. The van der Waals surface area contributed by atoms with Crippen LogP contribution in [-0.4, -0.2) is 37.3 Å². The van der Waals surface area contributed by atoms with E-state index in [1.54, 1.807) is 0 Å². The molecule has 0 spiro atoms. The molecule has 1 aromatic heterocycles. The van der Waals surface area contributed by atoms with Crippen LogP contribution in [0.1, 0.15) is 0 Å². The van der Waals surface area contributed by atoms with E-state index in [-0.39, 0.29) is 6.54 Å². The summed E-state index contributed by atoms with van der Waals surface area (Å²) in [6, 6.07) is -0.350. The minimum atomic E-state index is -1.35. The summed E-state index contributed by atoms with van der Waals surface area (Å²) < 4.78 is 1.36. The number of hydrogen-bond acceptors (Lipinski definition) is 5. The van der Waals surface area contributed by atoms with Crippen molar-refractivity contribution in [2.45, 2.75) is 19.1 Å². The zero-order chi connectivity index (χ0) is 13.9. The van der Waals surface area contributed by atoms with Crippen molar-refractivity contribution >= 4 is 11.9 Å². The first kappa shape index (κ1) is 13.6. The topological polar surface area (TPSA) is 145 Å². The van der Waals surface area contributed by atoms with E-state index in [0.717, 1.165) is 16.8 Å². The van der Waals surface area contributed by atoms with Gasteiger partial charge in [-0.25, -0.2) is 9.36 Å². The van der Waals surface area contributed by atoms with Crippen LogP contribution in [0.4, 0.5) is 0 Å². The minimum absolute atomic E-state index is 0.353. The first-order valence-electron chi connectivity index (χ1n) is 4.83. The monoisotopic (exact) mass is 257 g/mol. The third kappa shape index (κ3) is 3.04. The third-order valence-corrected chi connectivity index (χ3v) is 2.14. The highest BCUT2D eigenvalue weighted by Crippen LogP contribution is 1.86. The summed E-state index contributed by atoms with van der Waals surface area (Å²) in [5, 5.41) is 17.2. The molecule has 0 saturated carbocycles. The second-order valence-electron chi connectivity index (χ2n) is 3.51. The van der Waals surface area contributed by atoms with Crippen molar-refractivity contribution in [3.8, 4) is 0 Å². The number of aromatic nitrogens is 2. The lowest BCUT2D eigenvalue weighted by Gasteiger charge is -2.10. The van der Waals surface area contributed by atoms with E-state index in [0.29, 0.717) is 4.57 Å². The van der Waals surface area contributed by atoms with Crippen LogP contribution in [0.3, 0.4) is 0 Å². The van der Waals surface area contributed by atoms with Gasteiger partial charge in [0.05, 0.1) is 6.54 Å². The Labute approximate surface area is 99.7 Å². The van der Waals surface area contributed by atoms with E-state index in [4.69, 9.17) is 15.9 Å². The van der Waals surface area contributed by atoms with Crippen molar-refractivity contribution in [1.29, 1.82) is 0 Å². The van der Waals surface area contributed by atoms with Gasteiger partial charge in [0, 0.05) is 12.3 Å². The van der Waals surface area contributed by atoms with E-state index >= 15 is 0 Å². The van der Waals surface area contributed by atoms with Crippen molar-refractivity contribution < 1.29 is 19.8 Å². The number of hydrogen-bond donors (Lipinski definition) is 3. The third-order valence-electron chi connectivity index (χ3n) is 2.14. The number of carbonyl (C=O) groups is 2. The fraction of sp³-hybridized carbons (Fsp3) is 0.333. The van der Waals surface area contributed by atoms with Gasteiger partial charge < -0.3 is 15.9 Å². The van der Waals surface area contributed by atoms with Crippen molar-refractivity contribution in [3.63, 3.8) is 0 Å². The molecule has 1 rings (SSSR count). The van der Waals surface area contributed by atoms with Crippen LogP contribution >= 0.6 is 0 Å². The van der Waals surface area contributed by atoms with Gasteiger partial charge in [-0.05, 0) is 0 Å². The average Bonchev–Trinajstić information content (AvgIpc) is 2.27. The van der Waals surface area contributed by atoms with Gasteiger partial charge in [0.25, 0.3) is 5.56 Å².